The Labute approximate surface area is 142 Å². The van der Waals surface area contributed by atoms with Crippen LogP contribution in [0.4, 0.5) is 0 Å². The first kappa shape index (κ1) is 20.1. The predicted molar refractivity (Wildman–Crippen MR) is 92.0 cm³/mol. The highest BCUT2D eigenvalue weighted by Gasteiger charge is 2.08. The predicted octanol–water partition coefficient (Wildman–Crippen LogP) is 2.11. The van der Waals surface area contributed by atoms with Crippen LogP contribution in [0.5, 0.6) is 0 Å². The summed E-state index contributed by atoms with van der Waals surface area (Å²) in [6.07, 6.45) is 7.44. The van der Waals surface area contributed by atoms with Crippen molar-refractivity contribution in [2.75, 3.05) is 0 Å². The number of carbonyl (C=O) groups excluding carboxylic acids is 1. The van der Waals surface area contributed by atoms with Crippen molar-refractivity contribution in [3.63, 3.8) is 0 Å². The van der Waals surface area contributed by atoms with Crippen LogP contribution in [-0.4, -0.2) is 26.4 Å². The van der Waals surface area contributed by atoms with Crippen molar-refractivity contribution >= 4 is 5.97 Å². The minimum absolute atomic E-state index is 0.125. The van der Waals surface area contributed by atoms with Crippen molar-refractivity contribution in [3.05, 3.63) is 27.0 Å². The first-order valence-electron chi connectivity index (χ1n) is 8.80. The Kier molecular flexibility index (Phi) is 9.04. The van der Waals surface area contributed by atoms with E-state index in [4.69, 9.17) is 4.74 Å². The second kappa shape index (κ2) is 10.8. The van der Waals surface area contributed by atoms with E-state index in [0.717, 1.165) is 44.9 Å². The van der Waals surface area contributed by atoms with Crippen LogP contribution in [0.25, 0.3) is 0 Å². The molecule has 7 nitrogen and oxygen atoms in total. The molecule has 1 aromatic heterocycles. The van der Waals surface area contributed by atoms with Crippen molar-refractivity contribution in [2.24, 2.45) is 0 Å². The van der Waals surface area contributed by atoms with E-state index >= 15 is 0 Å². The van der Waals surface area contributed by atoms with Crippen LogP contribution in [0.1, 0.15) is 65.7 Å². The number of aromatic nitrogens is 3. The number of unbranched alkanes of at least 4 members (excludes halogenated alkanes) is 4. The van der Waals surface area contributed by atoms with Gasteiger partial charge in [0.2, 0.25) is 0 Å². The molecule has 0 N–H and O–H groups in total. The molecule has 0 aliphatic heterocycles. The van der Waals surface area contributed by atoms with Gasteiger partial charge in [0, 0.05) is 20.0 Å². The Morgan fingerprint density at radius 1 is 1.17 bits per heavy atom. The normalized spacial score (nSPS) is 12.1. The lowest BCUT2D eigenvalue weighted by atomic mass is 10.2. The lowest BCUT2D eigenvalue weighted by molar-refractivity contribution is -0.145. The van der Waals surface area contributed by atoms with Gasteiger partial charge < -0.3 is 4.74 Å². The number of aryl methyl sites for hydroxylation is 1. The van der Waals surface area contributed by atoms with Gasteiger partial charge in [-0.25, -0.2) is 9.48 Å². The minimum atomic E-state index is -0.341. The Morgan fingerprint density at radius 2 is 1.88 bits per heavy atom. The van der Waals surface area contributed by atoms with Crippen molar-refractivity contribution in [1.82, 2.24) is 14.3 Å². The molecule has 0 amide bonds. The summed E-state index contributed by atoms with van der Waals surface area (Å²) in [6, 6.07) is 0. The van der Waals surface area contributed by atoms with Gasteiger partial charge >= 0.3 is 11.7 Å². The molecule has 0 aromatic carbocycles. The standard InChI is InChI=1S/C17H29N3O4/c1-4-5-6-8-11-19-16(22)13-18-20(17(19)23)12-9-7-10-14(2)24-15(3)21/h13-14H,4-12H2,1-3H3/t14-/m1/s1. The zero-order valence-corrected chi connectivity index (χ0v) is 15.0. The van der Waals surface area contributed by atoms with Crippen molar-refractivity contribution in [2.45, 2.75) is 84.9 Å². The molecule has 24 heavy (non-hydrogen) atoms. The maximum absolute atomic E-state index is 12.3. The quantitative estimate of drug-likeness (QED) is 0.455. The molecule has 0 unspecified atom stereocenters. The van der Waals surface area contributed by atoms with Crippen LogP contribution in [-0.2, 0) is 22.6 Å². The van der Waals surface area contributed by atoms with Gasteiger partial charge in [-0.15, -0.1) is 0 Å². The number of hydrogen-bond donors (Lipinski definition) is 0. The van der Waals surface area contributed by atoms with E-state index < -0.39 is 0 Å². The SMILES string of the molecule is CCCCCCn1c(=O)cnn(CCCC[C@@H](C)OC(C)=O)c1=O. The molecule has 0 aliphatic rings. The first-order chi connectivity index (χ1) is 11.5. The average molecular weight is 339 g/mol. The summed E-state index contributed by atoms with van der Waals surface area (Å²) in [5.74, 6) is -0.282. The Bertz CT molecular complexity index is 621. The molecular weight excluding hydrogens is 310 g/mol. The maximum Gasteiger partial charge on any atom is 0.347 e. The van der Waals surface area contributed by atoms with Crippen LogP contribution in [0.3, 0.4) is 0 Å². The third kappa shape index (κ3) is 7.10. The van der Waals surface area contributed by atoms with Gasteiger partial charge in [0.1, 0.15) is 6.20 Å². The molecule has 0 spiro atoms. The van der Waals surface area contributed by atoms with E-state index in [1.165, 1.54) is 22.4 Å². The molecule has 0 aliphatic carbocycles. The number of ether oxygens (including phenoxy) is 1. The van der Waals surface area contributed by atoms with Crippen molar-refractivity contribution in [1.29, 1.82) is 0 Å². The molecule has 1 heterocycles. The van der Waals surface area contributed by atoms with Crippen molar-refractivity contribution in [3.8, 4) is 0 Å². The highest BCUT2D eigenvalue weighted by atomic mass is 16.5. The molecule has 1 rings (SSSR count). The Hall–Kier alpha value is -1.92. The smallest absolute Gasteiger partial charge is 0.347 e. The number of rotatable bonds is 11. The Morgan fingerprint density at radius 3 is 2.54 bits per heavy atom. The van der Waals surface area contributed by atoms with E-state index in [0.29, 0.717) is 13.1 Å². The zero-order chi connectivity index (χ0) is 17.9. The molecular formula is C17H29N3O4. The highest BCUT2D eigenvalue weighted by Crippen LogP contribution is 2.05. The molecule has 0 saturated heterocycles. The summed E-state index contributed by atoms with van der Waals surface area (Å²) in [4.78, 5) is 35.0. The number of esters is 1. The summed E-state index contributed by atoms with van der Waals surface area (Å²) in [7, 11) is 0. The summed E-state index contributed by atoms with van der Waals surface area (Å²) in [6.45, 7) is 6.27. The lowest BCUT2D eigenvalue weighted by Gasteiger charge is -2.12. The second-order valence-corrected chi connectivity index (χ2v) is 6.12. The monoisotopic (exact) mass is 339 g/mol. The summed E-state index contributed by atoms with van der Waals surface area (Å²) < 4.78 is 7.67. The molecule has 0 fully saturated rings. The van der Waals surface area contributed by atoms with Crippen LogP contribution >= 0.6 is 0 Å². The van der Waals surface area contributed by atoms with Gasteiger partial charge in [0.05, 0.1) is 6.10 Å². The molecule has 7 heteroatoms. The molecule has 1 atom stereocenters. The molecule has 136 valence electrons. The van der Waals surface area contributed by atoms with Gasteiger partial charge in [-0.2, -0.15) is 5.10 Å². The fourth-order valence-corrected chi connectivity index (χ4v) is 2.56. The molecule has 0 radical (unpaired) electrons. The topological polar surface area (TPSA) is 83.2 Å². The highest BCUT2D eigenvalue weighted by molar-refractivity contribution is 5.66. The average Bonchev–Trinajstić information content (AvgIpc) is 2.51. The number of hydrogen-bond acceptors (Lipinski definition) is 5. The van der Waals surface area contributed by atoms with E-state index in [9.17, 15) is 14.4 Å². The zero-order valence-electron chi connectivity index (χ0n) is 15.0. The van der Waals surface area contributed by atoms with E-state index in [-0.39, 0.29) is 23.3 Å². The van der Waals surface area contributed by atoms with Crippen LogP contribution in [0.2, 0.25) is 0 Å². The minimum Gasteiger partial charge on any atom is -0.463 e. The summed E-state index contributed by atoms with van der Waals surface area (Å²) >= 11 is 0. The van der Waals surface area contributed by atoms with Crippen LogP contribution < -0.4 is 11.2 Å². The largest absolute Gasteiger partial charge is 0.463 e. The summed E-state index contributed by atoms with van der Waals surface area (Å²) in [5.41, 5.74) is -0.678. The molecule has 0 saturated carbocycles. The summed E-state index contributed by atoms with van der Waals surface area (Å²) in [5, 5.41) is 3.93. The van der Waals surface area contributed by atoms with Crippen LogP contribution in [0.15, 0.2) is 15.8 Å². The van der Waals surface area contributed by atoms with Gasteiger partial charge in [-0.3, -0.25) is 14.2 Å². The fraction of sp³-hybridized carbons (Fsp3) is 0.765. The number of nitrogens with zero attached hydrogens (tertiary/aromatic N) is 3. The van der Waals surface area contributed by atoms with Crippen molar-refractivity contribution < 1.29 is 9.53 Å². The first-order valence-corrected chi connectivity index (χ1v) is 8.80. The van der Waals surface area contributed by atoms with Gasteiger partial charge in [0.15, 0.2) is 0 Å². The second-order valence-electron chi connectivity index (χ2n) is 6.12. The fourth-order valence-electron chi connectivity index (χ4n) is 2.56. The van der Waals surface area contributed by atoms with Gasteiger partial charge in [-0.1, -0.05) is 26.2 Å². The van der Waals surface area contributed by atoms with Gasteiger partial charge in [0.25, 0.3) is 5.56 Å². The van der Waals surface area contributed by atoms with Gasteiger partial charge in [-0.05, 0) is 32.6 Å². The third-order valence-corrected chi connectivity index (χ3v) is 3.86. The van der Waals surface area contributed by atoms with E-state index in [1.807, 2.05) is 6.92 Å². The third-order valence-electron chi connectivity index (χ3n) is 3.86. The number of carbonyl (C=O) groups is 1. The molecule has 1 aromatic rings. The van der Waals surface area contributed by atoms with E-state index in [1.54, 1.807) is 0 Å². The van der Waals surface area contributed by atoms with Crippen LogP contribution in [0, 0.1) is 0 Å². The Balaban J connectivity index is 2.52. The van der Waals surface area contributed by atoms with E-state index in [2.05, 4.69) is 12.0 Å². The lowest BCUT2D eigenvalue weighted by Crippen LogP contribution is -2.41. The molecule has 0 bridgehead atoms. The maximum atomic E-state index is 12.3.